The third-order valence-electron chi connectivity index (χ3n) is 5.88. The lowest BCUT2D eigenvalue weighted by molar-refractivity contribution is 1.48. The third kappa shape index (κ3) is 4.49. The van der Waals surface area contributed by atoms with Crippen LogP contribution >= 0.6 is 0 Å². The molecular formula is C32H20N2. The summed E-state index contributed by atoms with van der Waals surface area (Å²) < 4.78 is 0. The van der Waals surface area contributed by atoms with Crippen molar-refractivity contribution in [2.24, 2.45) is 0 Å². The number of nitrogens with zero attached hydrogens (tertiary/aromatic N) is 2. The van der Waals surface area contributed by atoms with Crippen LogP contribution in [0, 0.1) is 17.9 Å². The molecule has 0 saturated carbocycles. The van der Waals surface area contributed by atoms with Gasteiger partial charge in [-0.1, -0.05) is 97.1 Å². The molecule has 5 aromatic rings. The summed E-state index contributed by atoms with van der Waals surface area (Å²) in [6.45, 7) is 7.06. The number of hydrogen-bond donors (Lipinski definition) is 0. The summed E-state index contributed by atoms with van der Waals surface area (Å²) in [4.78, 5) is 3.44. The Morgan fingerprint density at radius 3 is 1.47 bits per heavy atom. The Labute approximate surface area is 199 Å². The zero-order valence-electron chi connectivity index (χ0n) is 18.4. The van der Waals surface area contributed by atoms with Crippen LogP contribution in [-0.4, -0.2) is 0 Å². The normalized spacial score (nSPS) is 11.2. The fourth-order valence-electron chi connectivity index (χ4n) is 4.03. The quantitative estimate of drug-likeness (QED) is 0.158. The van der Waals surface area contributed by atoms with Gasteiger partial charge in [-0.25, -0.2) is 4.85 Å². The molecule has 158 valence electrons. The van der Waals surface area contributed by atoms with Gasteiger partial charge in [0, 0.05) is 0 Å². The topological polar surface area (TPSA) is 28.1 Å². The standard InChI is InChI=1S/C32H20N2/c1-34-30-16-10-24(11-17-30)3-7-26-13-19-32-29(21-26)15-14-28-20-25(12-18-31(28)32)6-2-23-4-8-27(22-33)9-5-23/h2-21H. The predicted molar refractivity (Wildman–Crippen MR) is 143 cm³/mol. The lowest BCUT2D eigenvalue weighted by Gasteiger charge is -2.06. The van der Waals surface area contributed by atoms with E-state index in [0.29, 0.717) is 11.3 Å². The average Bonchev–Trinajstić information content (AvgIpc) is 2.91. The molecule has 5 aromatic carbocycles. The molecule has 5 rings (SSSR count). The first-order valence-corrected chi connectivity index (χ1v) is 11.0. The van der Waals surface area contributed by atoms with Crippen LogP contribution in [0.25, 0.3) is 50.7 Å². The molecule has 34 heavy (non-hydrogen) atoms. The molecule has 0 amide bonds. The van der Waals surface area contributed by atoms with Crippen LogP contribution in [-0.2, 0) is 0 Å². The van der Waals surface area contributed by atoms with Gasteiger partial charge in [-0.15, -0.1) is 0 Å². The third-order valence-corrected chi connectivity index (χ3v) is 5.88. The number of hydrogen-bond acceptors (Lipinski definition) is 1. The van der Waals surface area contributed by atoms with Gasteiger partial charge in [-0.2, -0.15) is 5.26 Å². The Kier molecular flexibility index (Phi) is 5.73. The van der Waals surface area contributed by atoms with Gasteiger partial charge < -0.3 is 0 Å². The van der Waals surface area contributed by atoms with Gasteiger partial charge in [0.05, 0.1) is 18.2 Å². The number of rotatable bonds is 4. The Morgan fingerprint density at radius 1 is 0.559 bits per heavy atom. The molecule has 2 nitrogen and oxygen atoms in total. The maximum atomic E-state index is 8.94. The smallest absolute Gasteiger partial charge is 0.187 e. The summed E-state index contributed by atoms with van der Waals surface area (Å²) >= 11 is 0. The van der Waals surface area contributed by atoms with Gasteiger partial charge in [0.15, 0.2) is 5.69 Å². The number of fused-ring (bicyclic) bond motifs is 3. The summed E-state index contributed by atoms with van der Waals surface area (Å²) in [5.74, 6) is 0. The van der Waals surface area contributed by atoms with Crippen molar-refractivity contribution in [3.63, 3.8) is 0 Å². The Bertz CT molecular complexity index is 1510. The second-order valence-corrected chi connectivity index (χ2v) is 8.13. The predicted octanol–water partition coefficient (Wildman–Crippen LogP) is 8.76. The maximum absolute atomic E-state index is 8.94. The molecule has 0 bridgehead atoms. The molecule has 0 atom stereocenters. The molecule has 0 N–H and O–H groups in total. The fourth-order valence-corrected chi connectivity index (χ4v) is 4.03. The molecular weight excluding hydrogens is 412 g/mol. The van der Waals surface area contributed by atoms with Gasteiger partial charge in [-0.05, 0) is 68.1 Å². The van der Waals surface area contributed by atoms with Gasteiger partial charge in [0.2, 0.25) is 0 Å². The van der Waals surface area contributed by atoms with Crippen molar-refractivity contribution in [3.05, 3.63) is 136 Å². The van der Waals surface area contributed by atoms with Gasteiger partial charge in [0.1, 0.15) is 0 Å². The Hall–Kier alpha value is -4.92. The van der Waals surface area contributed by atoms with Crippen molar-refractivity contribution in [2.45, 2.75) is 0 Å². The molecule has 0 unspecified atom stereocenters. The molecule has 2 heteroatoms. The van der Waals surface area contributed by atoms with Crippen LogP contribution in [0.4, 0.5) is 5.69 Å². The van der Waals surface area contributed by atoms with Crippen LogP contribution in [0.15, 0.2) is 97.1 Å². The molecule has 0 radical (unpaired) electrons. The van der Waals surface area contributed by atoms with Crippen LogP contribution in [0.2, 0.25) is 0 Å². The van der Waals surface area contributed by atoms with E-state index in [4.69, 9.17) is 11.8 Å². The van der Waals surface area contributed by atoms with Gasteiger partial charge >= 0.3 is 0 Å². The van der Waals surface area contributed by atoms with E-state index in [-0.39, 0.29) is 0 Å². The Morgan fingerprint density at radius 2 is 1.00 bits per heavy atom. The highest BCUT2D eigenvalue weighted by Gasteiger charge is 2.02. The molecule has 0 aliphatic carbocycles. The van der Waals surface area contributed by atoms with Gasteiger partial charge in [-0.3, -0.25) is 0 Å². The minimum atomic E-state index is 0.655. The molecule has 0 aliphatic heterocycles. The zero-order chi connectivity index (χ0) is 23.3. The maximum Gasteiger partial charge on any atom is 0.187 e. The molecule has 0 aromatic heterocycles. The minimum absolute atomic E-state index is 0.655. The zero-order valence-corrected chi connectivity index (χ0v) is 18.4. The van der Waals surface area contributed by atoms with E-state index in [2.05, 4.69) is 83.7 Å². The van der Waals surface area contributed by atoms with Crippen molar-refractivity contribution in [3.8, 4) is 6.07 Å². The van der Waals surface area contributed by atoms with Crippen LogP contribution in [0.3, 0.4) is 0 Å². The van der Waals surface area contributed by atoms with E-state index < -0.39 is 0 Å². The Balaban J connectivity index is 1.40. The fraction of sp³-hybridized carbons (Fsp3) is 0. The van der Waals surface area contributed by atoms with Crippen LogP contribution in [0.1, 0.15) is 27.8 Å². The summed E-state index contributed by atoms with van der Waals surface area (Å²) in [7, 11) is 0. The molecule has 0 fully saturated rings. The molecule has 0 aliphatic rings. The van der Waals surface area contributed by atoms with Crippen molar-refractivity contribution >= 4 is 51.5 Å². The number of nitriles is 1. The lowest BCUT2D eigenvalue weighted by atomic mass is 9.98. The second kappa shape index (κ2) is 9.29. The first kappa shape index (κ1) is 21.0. The second-order valence-electron chi connectivity index (χ2n) is 8.13. The van der Waals surface area contributed by atoms with E-state index in [1.807, 2.05) is 48.5 Å². The monoisotopic (exact) mass is 432 g/mol. The van der Waals surface area contributed by atoms with E-state index in [9.17, 15) is 0 Å². The largest absolute Gasteiger partial charge is 0.238 e. The summed E-state index contributed by atoms with van der Waals surface area (Å²) in [5, 5.41) is 13.8. The molecule has 0 heterocycles. The highest BCUT2D eigenvalue weighted by atomic mass is 14.6. The SMILES string of the molecule is [C-]#[N+]c1ccc(C=Cc2ccc3c(ccc4cc(C=Cc5ccc(C#N)cc5)ccc43)c2)cc1. The highest BCUT2D eigenvalue weighted by molar-refractivity contribution is 6.08. The van der Waals surface area contributed by atoms with Crippen LogP contribution in [0.5, 0.6) is 0 Å². The van der Waals surface area contributed by atoms with E-state index in [0.717, 1.165) is 22.3 Å². The number of benzene rings is 5. The lowest BCUT2D eigenvalue weighted by Crippen LogP contribution is -1.81. The molecule has 0 spiro atoms. The first-order valence-electron chi connectivity index (χ1n) is 11.0. The van der Waals surface area contributed by atoms with Crippen molar-refractivity contribution in [2.75, 3.05) is 0 Å². The average molecular weight is 433 g/mol. The van der Waals surface area contributed by atoms with E-state index in [1.54, 1.807) is 0 Å². The highest BCUT2D eigenvalue weighted by Crippen LogP contribution is 2.28. The van der Waals surface area contributed by atoms with Gasteiger partial charge in [0.25, 0.3) is 0 Å². The summed E-state index contributed by atoms with van der Waals surface area (Å²) in [5.41, 5.74) is 5.75. The van der Waals surface area contributed by atoms with Crippen molar-refractivity contribution in [1.82, 2.24) is 0 Å². The van der Waals surface area contributed by atoms with Crippen molar-refractivity contribution < 1.29 is 0 Å². The van der Waals surface area contributed by atoms with Crippen LogP contribution < -0.4 is 0 Å². The summed E-state index contributed by atoms with van der Waals surface area (Å²) in [6.07, 6.45) is 8.34. The first-order chi connectivity index (χ1) is 16.7. The van der Waals surface area contributed by atoms with E-state index in [1.165, 1.54) is 21.5 Å². The van der Waals surface area contributed by atoms with E-state index >= 15 is 0 Å². The van der Waals surface area contributed by atoms with Crippen molar-refractivity contribution in [1.29, 1.82) is 5.26 Å². The molecule has 0 saturated heterocycles. The minimum Gasteiger partial charge on any atom is -0.238 e. The summed E-state index contributed by atoms with van der Waals surface area (Å²) in [6, 6.07) is 34.8.